The number of hydrogen-bond donors (Lipinski definition) is 1. The van der Waals surface area contributed by atoms with E-state index in [1.165, 1.54) is 7.11 Å². The van der Waals surface area contributed by atoms with Crippen LogP contribution < -0.4 is 5.73 Å². The van der Waals surface area contributed by atoms with Gasteiger partial charge in [0, 0.05) is 25.4 Å². The summed E-state index contributed by atoms with van der Waals surface area (Å²) in [5.41, 5.74) is 4.72. The molecule has 21 heavy (non-hydrogen) atoms. The molecule has 1 unspecified atom stereocenters. The molecule has 1 atom stereocenters. The van der Waals surface area contributed by atoms with Crippen molar-refractivity contribution in [2.45, 2.75) is 12.5 Å². The summed E-state index contributed by atoms with van der Waals surface area (Å²) in [5.74, 6) is -0.376. The first-order valence-electron chi connectivity index (χ1n) is 6.66. The molecule has 1 amide bonds. The van der Waals surface area contributed by atoms with Crippen molar-refractivity contribution >= 4 is 23.4 Å². The molecular formula is C14H18F2N2O2S. The van der Waals surface area contributed by atoms with Gasteiger partial charge in [0.25, 0.3) is 5.91 Å². The maximum absolute atomic E-state index is 14.0. The van der Waals surface area contributed by atoms with Gasteiger partial charge >= 0.3 is 0 Å². The lowest BCUT2D eigenvalue weighted by Gasteiger charge is -2.28. The van der Waals surface area contributed by atoms with Crippen molar-refractivity contribution in [2.24, 2.45) is 0 Å². The van der Waals surface area contributed by atoms with Gasteiger partial charge in [-0.1, -0.05) is 0 Å². The van der Waals surface area contributed by atoms with Gasteiger partial charge in [-0.15, -0.1) is 0 Å². The number of ether oxygens (including phenoxy) is 1. The molecule has 7 heteroatoms. The van der Waals surface area contributed by atoms with Crippen LogP contribution in [0.1, 0.15) is 16.8 Å². The first-order valence-corrected chi connectivity index (χ1v) is 7.82. The summed E-state index contributed by atoms with van der Waals surface area (Å²) < 4.78 is 32.4. The summed E-state index contributed by atoms with van der Waals surface area (Å²) >= 11 is 1.74. The molecule has 1 heterocycles. The van der Waals surface area contributed by atoms with E-state index < -0.39 is 17.5 Å². The van der Waals surface area contributed by atoms with Crippen LogP contribution in [0.3, 0.4) is 0 Å². The van der Waals surface area contributed by atoms with Gasteiger partial charge < -0.3 is 15.4 Å². The normalized spacial score (nSPS) is 18.0. The Hall–Kier alpha value is -1.34. The van der Waals surface area contributed by atoms with Crippen molar-refractivity contribution in [2.75, 3.05) is 37.5 Å². The van der Waals surface area contributed by atoms with Crippen LogP contribution >= 0.6 is 11.8 Å². The minimum atomic E-state index is -0.866. The molecule has 2 rings (SSSR count). The molecule has 1 fully saturated rings. The number of methoxy groups -OCH3 is 1. The number of hydrogen-bond acceptors (Lipinski definition) is 4. The van der Waals surface area contributed by atoms with E-state index in [0.717, 1.165) is 30.1 Å². The number of carbonyl (C=O) groups excluding carboxylic acids is 1. The van der Waals surface area contributed by atoms with Crippen LogP contribution in [0, 0.1) is 11.6 Å². The van der Waals surface area contributed by atoms with Crippen LogP contribution in [0.5, 0.6) is 0 Å². The Balaban J connectivity index is 2.28. The maximum atomic E-state index is 14.0. The first-order chi connectivity index (χ1) is 10.0. The smallest absolute Gasteiger partial charge is 0.257 e. The molecule has 1 aliphatic rings. The highest BCUT2D eigenvalue weighted by Crippen LogP contribution is 2.26. The van der Waals surface area contributed by atoms with E-state index >= 15 is 0 Å². The summed E-state index contributed by atoms with van der Waals surface area (Å²) in [6, 6.07) is 1.79. The van der Waals surface area contributed by atoms with E-state index in [1.807, 2.05) is 0 Å². The van der Waals surface area contributed by atoms with Gasteiger partial charge in [0.05, 0.1) is 17.9 Å². The number of thioether (sulfide) groups is 1. The lowest BCUT2D eigenvalue weighted by molar-refractivity contribution is 0.0619. The third kappa shape index (κ3) is 3.65. The highest BCUT2D eigenvalue weighted by atomic mass is 32.2. The largest absolute Gasteiger partial charge is 0.396 e. The van der Waals surface area contributed by atoms with Crippen molar-refractivity contribution < 1.29 is 18.3 Å². The predicted octanol–water partition coefficient (Wildman–Crippen LogP) is 2.14. The van der Waals surface area contributed by atoms with Crippen LogP contribution in [-0.4, -0.2) is 48.6 Å². The Labute approximate surface area is 126 Å². The second-order valence-electron chi connectivity index (χ2n) is 4.87. The highest BCUT2D eigenvalue weighted by Gasteiger charge is 2.29. The van der Waals surface area contributed by atoms with Gasteiger partial charge in [0.1, 0.15) is 5.82 Å². The molecule has 1 aromatic rings. The fourth-order valence-corrected chi connectivity index (χ4v) is 3.55. The first kappa shape index (κ1) is 16.0. The number of anilines is 1. The molecule has 0 radical (unpaired) electrons. The van der Waals surface area contributed by atoms with E-state index in [0.29, 0.717) is 13.2 Å². The van der Waals surface area contributed by atoms with Crippen molar-refractivity contribution in [3.05, 3.63) is 29.3 Å². The summed E-state index contributed by atoms with van der Waals surface area (Å²) in [4.78, 5) is 14.1. The average molecular weight is 316 g/mol. The van der Waals surface area contributed by atoms with E-state index in [9.17, 15) is 13.6 Å². The average Bonchev–Trinajstić information content (AvgIpc) is 2.97. The second kappa shape index (κ2) is 7.09. The zero-order chi connectivity index (χ0) is 15.4. The fraction of sp³-hybridized carbons (Fsp3) is 0.500. The Morgan fingerprint density at radius 1 is 1.52 bits per heavy atom. The minimum absolute atomic E-state index is 0.0153. The zero-order valence-electron chi connectivity index (χ0n) is 11.8. The van der Waals surface area contributed by atoms with Gasteiger partial charge in [0.15, 0.2) is 5.82 Å². The van der Waals surface area contributed by atoms with Gasteiger partial charge in [-0.2, -0.15) is 11.8 Å². The number of nitrogens with zero attached hydrogens (tertiary/aromatic N) is 1. The van der Waals surface area contributed by atoms with E-state index in [2.05, 4.69) is 0 Å². The molecule has 1 aromatic carbocycles. The topological polar surface area (TPSA) is 55.6 Å². The van der Waals surface area contributed by atoms with Crippen molar-refractivity contribution in [1.82, 2.24) is 4.90 Å². The van der Waals surface area contributed by atoms with Gasteiger partial charge in [-0.05, 0) is 24.3 Å². The summed E-state index contributed by atoms with van der Waals surface area (Å²) in [5, 5.41) is 0. The third-order valence-corrected chi connectivity index (χ3v) is 4.58. The minimum Gasteiger partial charge on any atom is -0.396 e. The lowest BCUT2D eigenvalue weighted by Crippen LogP contribution is -2.42. The molecule has 116 valence electrons. The third-order valence-electron chi connectivity index (χ3n) is 3.44. The molecular weight excluding hydrogens is 298 g/mol. The zero-order valence-corrected chi connectivity index (χ0v) is 12.6. The Morgan fingerprint density at radius 3 is 2.90 bits per heavy atom. The number of halogens is 2. The number of amides is 1. The van der Waals surface area contributed by atoms with E-state index in [1.54, 1.807) is 16.7 Å². The van der Waals surface area contributed by atoms with Crippen molar-refractivity contribution in [1.29, 1.82) is 0 Å². The highest BCUT2D eigenvalue weighted by molar-refractivity contribution is 7.99. The Morgan fingerprint density at radius 2 is 2.29 bits per heavy atom. The van der Waals surface area contributed by atoms with Crippen molar-refractivity contribution in [3.63, 3.8) is 0 Å². The number of nitrogens with two attached hydrogens (primary N) is 1. The Kier molecular flexibility index (Phi) is 5.41. The molecule has 2 N–H and O–H groups in total. The number of nitrogen functional groups attached to an aromatic ring is 1. The van der Waals surface area contributed by atoms with E-state index in [-0.39, 0.29) is 17.3 Å². The van der Waals surface area contributed by atoms with Gasteiger partial charge in [-0.3, -0.25) is 4.79 Å². The SMILES string of the molecule is COCCN(C(=O)c1cc(F)cc(N)c1F)C1CCSC1. The molecule has 4 nitrogen and oxygen atoms in total. The van der Waals surface area contributed by atoms with Gasteiger partial charge in [0.2, 0.25) is 0 Å². The quantitative estimate of drug-likeness (QED) is 0.846. The van der Waals surface area contributed by atoms with Crippen LogP contribution in [0.25, 0.3) is 0 Å². The monoisotopic (exact) mass is 316 g/mol. The molecule has 0 aromatic heterocycles. The molecule has 1 aliphatic heterocycles. The summed E-state index contributed by atoms with van der Waals surface area (Å²) in [7, 11) is 1.53. The fourth-order valence-electron chi connectivity index (χ4n) is 2.33. The standard InChI is InChI=1S/C14H18F2N2O2S/c1-20-4-3-18(10-2-5-21-8-10)14(19)11-6-9(15)7-12(17)13(11)16/h6-7,10H,2-5,8,17H2,1H3. The Bertz CT molecular complexity index is 522. The molecule has 1 saturated heterocycles. The molecule has 0 spiro atoms. The maximum Gasteiger partial charge on any atom is 0.257 e. The number of rotatable bonds is 5. The molecule has 0 saturated carbocycles. The van der Waals surface area contributed by atoms with Crippen LogP contribution in [0.4, 0.5) is 14.5 Å². The van der Waals surface area contributed by atoms with Crippen molar-refractivity contribution in [3.8, 4) is 0 Å². The van der Waals surface area contributed by atoms with Crippen LogP contribution in [0.15, 0.2) is 12.1 Å². The molecule has 0 aliphatic carbocycles. The van der Waals surface area contributed by atoms with Crippen LogP contribution in [0.2, 0.25) is 0 Å². The van der Waals surface area contributed by atoms with Gasteiger partial charge in [-0.25, -0.2) is 8.78 Å². The van der Waals surface area contributed by atoms with Crippen LogP contribution in [-0.2, 0) is 4.74 Å². The predicted molar refractivity (Wildman–Crippen MR) is 79.4 cm³/mol. The molecule has 0 bridgehead atoms. The number of carbonyl (C=O) groups is 1. The second-order valence-corrected chi connectivity index (χ2v) is 6.02. The number of benzene rings is 1. The van der Waals surface area contributed by atoms with E-state index in [4.69, 9.17) is 10.5 Å². The summed E-state index contributed by atoms with van der Waals surface area (Å²) in [6.45, 7) is 0.690. The lowest BCUT2D eigenvalue weighted by atomic mass is 10.1. The summed E-state index contributed by atoms with van der Waals surface area (Å²) in [6.07, 6.45) is 0.840.